The molecule has 0 fully saturated rings. The van der Waals surface area contributed by atoms with Crippen molar-refractivity contribution in [2.24, 2.45) is 5.14 Å². The van der Waals surface area contributed by atoms with E-state index in [0.29, 0.717) is 10.6 Å². The lowest BCUT2D eigenvalue weighted by molar-refractivity contribution is 0.597. The summed E-state index contributed by atoms with van der Waals surface area (Å²) < 4.78 is 44.1. The van der Waals surface area contributed by atoms with Crippen LogP contribution in [-0.4, -0.2) is 34.6 Å². The zero-order valence-corrected chi connectivity index (χ0v) is 12.1. The standard InChI is InChI=1S/C9H14N2O4S3/c1-17(12,13)5-4-16-7-2-3-9(8(10)6-7)18(11,14)15/h2-3,6H,4-5,10H2,1H3,(H2,11,14,15). The number of sulfonamides is 1. The highest BCUT2D eigenvalue weighted by Gasteiger charge is 2.12. The van der Waals surface area contributed by atoms with Gasteiger partial charge in [0.15, 0.2) is 0 Å². The van der Waals surface area contributed by atoms with Crippen molar-refractivity contribution in [2.45, 2.75) is 9.79 Å². The van der Waals surface area contributed by atoms with E-state index in [-0.39, 0.29) is 16.3 Å². The maximum Gasteiger partial charge on any atom is 0.240 e. The quantitative estimate of drug-likeness (QED) is 0.586. The Kier molecular flexibility index (Phi) is 4.65. The molecule has 0 saturated carbocycles. The van der Waals surface area contributed by atoms with Crippen molar-refractivity contribution in [3.63, 3.8) is 0 Å². The monoisotopic (exact) mass is 310 g/mol. The van der Waals surface area contributed by atoms with Gasteiger partial charge in [-0.3, -0.25) is 0 Å². The van der Waals surface area contributed by atoms with E-state index in [1.165, 1.54) is 23.9 Å². The third-order valence-electron chi connectivity index (χ3n) is 2.01. The van der Waals surface area contributed by atoms with Crippen LogP contribution in [0.25, 0.3) is 0 Å². The van der Waals surface area contributed by atoms with E-state index in [4.69, 9.17) is 10.9 Å². The molecular formula is C9H14N2O4S3. The van der Waals surface area contributed by atoms with Gasteiger partial charge in [-0.05, 0) is 18.2 Å². The summed E-state index contributed by atoms with van der Waals surface area (Å²) in [7, 11) is -6.83. The Morgan fingerprint density at radius 3 is 2.28 bits per heavy atom. The summed E-state index contributed by atoms with van der Waals surface area (Å²) in [6, 6.07) is 4.32. The summed E-state index contributed by atoms with van der Waals surface area (Å²) in [6.45, 7) is 0. The second kappa shape index (κ2) is 5.47. The van der Waals surface area contributed by atoms with Gasteiger partial charge in [0, 0.05) is 16.9 Å². The molecule has 0 heterocycles. The summed E-state index contributed by atoms with van der Waals surface area (Å²) in [5.74, 6) is 0.432. The van der Waals surface area contributed by atoms with Crippen molar-refractivity contribution in [3.05, 3.63) is 18.2 Å². The second-order valence-corrected chi connectivity index (χ2v) is 8.68. The molecular weight excluding hydrogens is 296 g/mol. The predicted octanol–water partition coefficient (Wildman–Crippen LogP) is 0.0529. The van der Waals surface area contributed by atoms with Crippen LogP contribution in [0.2, 0.25) is 0 Å². The van der Waals surface area contributed by atoms with Gasteiger partial charge < -0.3 is 5.73 Å². The fourth-order valence-electron chi connectivity index (χ4n) is 1.19. The molecule has 4 N–H and O–H groups in total. The molecule has 0 aromatic heterocycles. The molecule has 0 saturated heterocycles. The maximum atomic E-state index is 11.1. The van der Waals surface area contributed by atoms with E-state index in [0.717, 1.165) is 6.26 Å². The van der Waals surface area contributed by atoms with Crippen molar-refractivity contribution in [1.82, 2.24) is 0 Å². The van der Waals surface area contributed by atoms with Crippen molar-refractivity contribution >= 4 is 37.3 Å². The van der Waals surface area contributed by atoms with Crippen LogP contribution in [0.3, 0.4) is 0 Å². The fraction of sp³-hybridized carbons (Fsp3) is 0.333. The topological polar surface area (TPSA) is 120 Å². The molecule has 0 unspecified atom stereocenters. The summed E-state index contributed by atoms with van der Waals surface area (Å²) >= 11 is 1.29. The number of anilines is 1. The van der Waals surface area contributed by atoms with E-state index >= 15 is 0 Å². The first-order valence-electron chi connectivity index (χ1n) is 4.82. The van der Waals surface area contributed by atoms with Crippen LogP contribution in [-0.2, 0) is 19.9 Å². The van der Waals surface area contributed by atoms with Crippen LogP contribution < -0.4 is 10.9 Å². The van der Waals surface area contributed by atoms with Crippen LogP contribution in [0, 0.1) is 0 Å². The van der Waals surface area contributed by atoms with Crippen LogP contribution in [0.1, 0.15) is 0 Å². The van der Waals surface area contributed by atoms with Crippen molar-refractivity contribution in [2.75, 3.05) is 23.5 Å². The molecule has 1 aromatic rings. The molecule has 1 rings (SSSR count). The number of sulfone groups is 1. The Labute approximate surface area is 111 Å². The average molecular weight is 310 g/mol. The normalized spacial score (nSPS) is 12.6. The number of rotatable bonds is 5. The molecule has 0 spiro atoms. The number of hydrogen-bond acceptors (Lipinski definition) is 6. The van der Waals surface area contributed by atoms with Crippen LogP contribution >= 0.6 is 11.8 Å². The van der Waals surface area contributed by atoms with E-state index in [1.54, 1.807) is 6.07 Å². The number of benzene rings is 1. The van der Waals surface area contributed by atoms with Gasteiger partial charge in [0.05, 0.1) is 11.4 Å². The minimum Gasteiger partial charge on any atom is -0.398 e. The molecule has 18 heavy (non-hydrogen) atoms. The third-order valence-corrected chi connectivity index (χ3v) is 5.20. The molecule has 0 bridgehead atoms. The molecule has 0 radical (unpaired) electrons. The Morgan fingerprint density at radius 1 is 1.22 bits per heavy atom. The highest BCUT2D eigenvalue weighted by Crippen LogP contribution is 2.25. The number of nitrogen functional groups attached to an aromatic ring is 1. The van der Waals surface area contributed by atoms with Gasteiger partial charge in [0.1, 0.15) is 14.7 Å². The summed E-state index contributed by atoms with van der Waals surface area (Å²) in [5.41, 5.74) is 5.63. The van der Waals surface area contributed by atoms with Crippen molar-refractivity contribution in [3.8, 4) is 0 Å². The van der Waals surface area contributed by atoms with Gasteiger partial charge in [0.25, 0.3) is 0 Å². The zero-order chi connectivity index (χ0) is 14.0. The van der Waals surface area contributed by atoms with Gasteiger partial charge in [-0.1, -0.05) is 0 Å². The number of thioether (sulfide) groups is 1. The van der Waals surface area contributed by atoms with Crippen LogP contribution in [0.5, 0.6) is 0 Å². The van der Waals surface area contributed by atoms with Gasteiger partial charge in [0.2, 0.25) is 10.0 Å². The number of nitrogens with two attached hydrogens (primary N) is 2. The molecule has 0 aliphatic carbocycles. The smallest absolute Gasteiger partial charge is 0.240 e. The Hall–Kier alpha value is -0.770. The molecule has 0 aliphatic rings. The zero-order valence-electron chi connectivity index (χ0n) is 9.66. The first-order chi connectivity index (χ1) is 8.09. The Balaban J connectivity index is 2.80. The van der Waals surface area contributed by atoms with Gasteiger partial charge in [-0.2, -0.15) is 0 Å². The Bertz CT molecular complexity index is 638. The fourth-order valence-corrected chi connectivity index (χ4v) is 3.99. The Morgan fingerprint density at radius 2 is 1.83 bits per heavy atom. The SMILES string of the molecule is CS(=O)(=O)CCSc1ccc(S(N)(=O)=O)c(N)c1. The molecule has 0 atom stereocenters. The van der Waals surface area contributed by atoms with Crippen LogP contribution in [0.15, 0.2) is 28.0 Å². The third kappa shape index (κ3) is 4.84. The maximum absolute atomic E-state index is 11.1. The second-order valence-electron chi connectivity index (χ2n) is 3.72. The highest BCUT2D eigenvalue weighted by molar-refractivity contribution is 8.00. The molecule has 1 aromatic carbocycles. The predicted molar refractivity (Wildman–Crippen MR) is 72.7 cm³/mol. The molecule has 102 valence electrons. The molecule has 0 aliphatic heterocycles. The molecule has 6 nitrogen and oxygen atoms in total. The van der Waals surface area contributed by atoms with E-state index < -0.39 is 19.9 Å². The lowest BCUT2D eigenvalue weighted by Gasteiger charge is -2.06. The minimum absolute atomic E-state index is 0.0501. The summed E-state index contributed by atoms with van der Waals surface area (Å²) in [6.07, 6.45) is 1.16. The first kappa shape index (κ1) is 15.3. The largest absolute Gasteiger partial charge is 0.398 e. The van der Waals surface area contributed by atoms with Gasteiger partial charge in [-0.15, -0.1) is 11.8 Å². The lowest BCUT2D eigenvalue weighted by atomic mass is 10.3. The number of primary sulfonamides is 1. The molecule has 9 heteroatoms. The van der Waals surface area contributed by atoms with Gasteiger partial charge in [-0.25, -0.2) is 22.0 Å². The van der Waals surface area contributed by atoms with E-state index in [1.807, 2.05) is 0 Å². The minimum atomic E-state index is -3.82. The summed E-state index contributed by atoms with van der Waals surface area (Å²) in [4.78, 5) is 0.568. The highest BCUT2D eigenvalue weighted by atomic mass is 32.2. The average Bonchev–Trinajstić information content (AvgIpc) is 2.13. The van der Waals surface area contributed by atoms with E-state index in [2.05, 4.69) is 0 Å². The first-order valence-corrected chi connectivity index (χ1v) is 9.42. The number of hydrogen-bond donors (Lipinski definition) is 2. The van der Waals surface area contributed by atoms with Crippen LogP contribution in [0.4, 0.5) is 5.69 Å². The van der Waals surface area contributed by atoms with Crippen molar-refractivity contribution < 1.29 is 16.8 Å². The lowest BCUT2D eigenvalue weighted by Crippen LogP contribution is -2.14. The van der Waals surface area contributed by atoms with Crippen molar-refractivity contribution in [1.29, 1.82) is 0 Å². The van der Waals surface area contributed by atoms with E-state index in [9.17, 15) is 16.8 Å². The van der Waals surface area contributed by atoms with Gasteiger partial charge >= 0.3 is 0 Å². The molecule has 0 amide bonds. The summed E-state index contributed by atoms with van der Waals surface area (Å²) in [5, 5.41) is 4.97.